The summed E-state index contributed by atoms with van der Waals surface area (Å²) in [4.78, 5) is 0. The van der Waals surface area contributed by atoms with Gasteiger partial charge in [0.05, 0.1) is 12.5 Å². The van der Waals surface area contributed by atoms with Gasteiger partial charge in [0, 0.05) is 16.8 Å². The van der Waals surface area contributed by atoms with Crippen molar-refractivity contribution >= 4 is 17.3 Å². The van der Waals surface area contributed by atoms with Crippen molar-refractivity contribution in [1.29, 1.82) is 5.26 Å². The molecule has 2 nitrogen and oxygen atoms in total. The van der Waals surface area contributed by atoms with Gasteiger partial charge in [-0.25, -0.2) is 4.39 Å². The van der Waals surface area contributed by atoms with E-state index >= 15 is 0 Å². The van der Waals surface area contributed by atoms with Crippen LogP contribution < -0.4 is 5.32 Å². The van der Waals surface area contributed by atoms with Gasteiger partial charge in [-0.3, -0.25) is 0 Å². The van der Waals surface area contributed by atoms with Crippen LogP contribution >= 0.6 is 11.6 Å². The number of nitrogens with one attached hydrogen (secondary N) is 1. The lowest BCUT2D eigenvalue weighted by Gasteiger charge is -2.11. The predicted molar refractivity (Wildman–Crippen MR) is 54.7 cm³/mol. The van der Waals surface area contributed by atoms with Crippen LogP contribution in [0.1, 0.15) is 13.3 Å². The van der Waals surface area contributed by atoms with E-state index in [1.807, 2.05) is 13.0 Å². The average molecular weight is 213 g/mol. The van der Waals surface area contributed by atoms with Crippen LogP contribution in [0, 0.1) is 17.1 Å². The summed E-state index contributed by atoms with van der Waals surface area (Å²) >= 11 is 5.67. The highest BCUT2D eigenvalue weighted by Gasteiger charge is 2.03. The Morgan fingerprint density at radius 1 is 1.57 bits per heavy atom. The van der Waals surface area contributed by atoms with E-state index in [1.165, 1.54) is 12.1 Å². The third kappa shape index (κ3) is 3.23. The van der Waals surface area contributed by atoms with Crippen LogP contribution in [0.5, 0.6) is 0 Å². The SMILES string of the molecule is CC(CC#N)Nc1cc(F)cc(Cl)c1. The lowest BCUT2D eigenvalue weighted by atomic mass is 10.2. The van der Waals surface area contributed by atoms with Crippen LogP contribution in [-0.2, 0) is 0 Å². The van der Waals surface area contributed by atoms with Crippen molar-refractivity contribution in [3.05, 3.63) is 29.0 Å². The first-order valence-electron chi connectivity index (χ1n) is 4.21. The summed E-state index contributed by atoms with van der Waals surface area (Å²) < 4.78 is 12.9. The highest BCUT2D eigenvalue weighted by Crippen LogP contribution is 2.18. The van der Waals surface area contributed by atoms with Gasteiger partial charge in [0.1, 0.15) is 5.82 Å². The molecule has 0 saturated heterocycles. The Kier molecular flexibility index (Phi) is 3.73. The molecule has 1 rings (SSSR count). The number of nitriles is 1. The summed E-state index contributed by atoms with van der Waals surface area (Å²) in [6.45, 7) is 1.85. The van der Waals surface area contributed by atoms with Crippen molar-refractivity contribution in [1.82, 2.24) is 0 Å². The van der Waals surface area contributed by atoms with Gasteiger partial charge in [0.15, 0.2) is 0 Å². The van der Waals surface area contributed by atoms with Crippen LogP contribution in [0.15, 0.2) is 18.2 Å². The summed E-state index contributed by atoms with van der Waals surface area (Å²) in [5, 5.41) is 11.8. The maximum Gasteiger partial charge on any atom is 0.126 e. The first kappa shape index (κ1) is 10.8. The van der Waals surface area contributed by atoms with E-state index in [0.717, 1.165) is 0 Å². The minimum Gasteiger partial charge on any atom is -0.381 e. The van der Waals surface area contributed by atoms with E-state index in [9.17, 15) is 4.39 Å². The number of halogens is 2. The molecule has 1 N–H and O–H groups in total. The molecule has 1 atom stereocenters. The third-order valence-corrected chi connectivity index (χ3v) is 1.89. The number of rotatable bonds is 3. The number of nitrogens with zero attached hydrogens (tertiary/aromatic N) is 1. The molecule has 1 unspecified atom stereocenters. The van der Waals surface area contributed by atoms with Crippen LogP contribution in [0.2, 0.25) is 5.02 Å². The van der Waals surface area contributed by atoms with E-state index in [1.54, 1.807) is 6.07 Å². The van der Waals surface area contributed by atoms with E-state index < -0.39 is 0 Å². The van der Waals surface area contributed by atoms with E-state index in [2.05, 4.69) is 5.32 Å². The first-order valence-corrected chi connectivity index (χ1v) is 4.59. The highest BCUT2D eigenvalue weighted by atomic mass is 35.5. The molecule has 0 amide bonds. The van der Waals surface area contributed by atoms with E-state index in [-0.39, 0.29) is 11.9 Å². The van der Waals surface area contributed by atoms with Crippen molar-refractivity contribution in [2.24, 2.45) is 0 Å². The molecule has 0 heterocycles. The van der Waals surface area contributed by atoms with Crippen molar-refractivity contribution in [3.63, 3.8) is 0 Å². The van der Waals surface area contributed by atoms with Gasteiger partial charge in [-0.2, -0.15) is 5.26 Å². The molecule has 0 bridgehead atoms. The molecule has 0 spiro atoms. The number of anilines is 1. The van der Waals surface area contributed by atoms with Gasteiger partial charge < -0.3 is 5.32 Å². The van der Waals surface area contributed by atoms with Gasteiger partial charge >= 0.3 is 0 Å². The largest absolute Gasteiger partial charge is 0.381 e. The number of hydrogen-bond donors (Lipinski definition) is 1. The minimum atomic E-state index is -0.385. The normalized spacial score (nSPS) is 11.9. The molecule has 0 fully saturated rings. The smallest absolute Gasteiger partial charge is 0.126 e. The van der Waals surface area contributed by atoms with Crippen LogP contribution in [0.4, 0.5) is 10.1 Å². The summed E-state index contributed by atoms with van der Waals surface area (Å²) in [6, 6.07) is 6.22. The van der Waals surface area contributed by atoms with Gasteiger partial charge in [-0.15, -0.1) is 0 Å². The second kappa shape index (κ2) is 4.83. The maximum atomic E-state index is 12.9. The quantitative estimate of drug-likeness (QED) is 0.835. The molecule has 4 heteroatoms. The Hall–Kier alpha value is -1.27. The highest BCUT2D eigenvalue weighted by molar-refractivity contribution is 6.30. The molecule has 0 radical (unpaired) electrons. The molecular formula is C10H10ClFN2. The predicted octanol–water partition coefficient (Wildman–Crippen LogP) is 3.19. The van der Waals surface area contributed by atoms with Crippen LogP contribution in [-0.4, -0.2) is 6.04 Å². The second-order valence-corrected chi connectivity index (χ2v) is 3.50. The number of hydrogen-bond acceptors (Lipinski definition) is 2. The summed E-state index contributed by atoms with van der Waals surface area (Å²) in [7, 11) is 0. The summed E-state index contributed by atoms with van der Waals surface area (Å²) in [6.07, 6.45) is 0.369. The van der Waals surface area contributed by atoms with Crippen molar-refractivity contribution in [2.45, 2.75) is 19.4 Å². The molecule has 14 heavy (non-hydrogen) atoms. The zero-order valence-electron chi connectivity index (χ0n) is 7.72. The zero-order chi connectivity index (χ0) is 10.6. The molecule has 1 aromatic rings. The molecule has 74 valence electrons. The van der Waals surface area contributed by atoms with Gasteiger partial charge in [0.25, 0.3) is 0 Å². The summed E-state index contributed by atoms with van der Waals surface area (Å²) in [5.74, 6) is -0.385. The lowest BCUT2D eigenvalue weighted by molar-refractivity contribution is 0.628. The van der Waals surface area contributed by atoms with Gasteiger partial charge in [-0.05, 0) is 25.1 Å². The van der Waals surface area contributed by atoms with Crippen molar-refractivity contribution < 1.29 is 4.39 Å². The second-order valence-electron chi connectivity index (χ2n) is 3.07. The fraction of sp³-hybridized carbons (Fsp3) is 0.300. The standard InChI is InChI=1S/C10H10ClFN2/c1-7(2-3-13)14-10-5-8(11)4-9(12)6-10/h4-7,14H,2H2,1H3. The van der Waals surface area contributed by atoms with E-state index in [0.29, 0.717) is 17.1 Å². The molecular weight excluding hydrogens is 203 g/mol. The fourth-order valence-corrected chi connectivity index (χ4v) is 1.33. The number of benzene rings is 1. The lowest BCUT2D eigenvalue weighted by Crippen LogP contribution is -2.13. The monoisotopic (exact) mass is 212 g/mol. The fourth-order valence-electron chi connectivity index (χ4n) is 1.11. The Balaban J connectivity index is 2.72. The molecule has 1 aromatic carbocycles. The topological polar surface area (TPSA) is 35.8 Å². The third-order valence-electron chi connectivity index (χ3n) is 1.67. The molecule has 0 aliphatic carbocycles. The Morgan fingerprint density at radius 3 is 2.86 bits per heavy atom. The summed E-state index contributed by atoms with van der Waals surface area (Å²) in [5.41, 5.74) is 0.595. The van der Waals surface area contributed by atoms with Crippen molar-refractivity contribution in [2.75, 3.05) is 5.32 Å². The molecule has 0 saturated carbocycles. The minimum absolute atomic E-state index is 0.0159. The average Bonchev–Trinajstić information content (AvgIpc) is 2.01. The Morgan fingerprint density at radius 2 is 2.29 bits per heavy atom. The van der Waals surface area contributed by atoms with Gasteiger partial charge in [-0.1, -0.05) is 11.6 Å². The van der Waals surface area contributed by atoms with Crippen LogP contribution in [0.25, 0.3) is 0 Å². The van der Waals surface area contributed by atoms with Gasteiger partial charge in [0.2, 0.25) is 0 Å². The molecule has 0 aromatic heterocycles. The molecule has 0 aliphatic rings. The Labute approximate surface area is 87.3 Å². The Bertz CT molecular complexity index is 339. The zero-order valence-corrected chi connectivity index (χ0v) is 8.48. The molecule has 0 aliphatic heterocycles. The van der Waals surface area contributed by atoms with Crippen LogP contribution in [0.3, 0.4) is 0 Å². The maximum absolute atomic E-state index is 12.9. The van der Waals surface area contributed by atoms with Crippen molar-refractivity contribution in [3.8, 4) is 6.07 Å². The first-order chi connectivity index (χ1) is 6.61. The van der Waals surface area contributed by atoms with E-state index in [4.69, 9.17) is 16.9 Å².